The van der Waals surface area contributed by atoms with Gasteiger partial charge in [0.25, 0.3) is 5.91 Å². The average molecular weight is 276 g/mol. The molecule has 1 aliphatic carbocycles. The summed E-state index contributed by atoms with van der Waals surface area (Å²) in [6.45, 7) is 2.17. The van der Waals surface area contributed by atoms with E-state index in [1.54, 1.807) is 6.07 Å². The third-order valence-electron chi connectivity index (χ3n) is 4.14. The van der Waals surface area contributed by atoms with Crippen molar-refractivity contribution in [2.45, 2.75) is 51.0 Å². The molecule has 4 heteroatoms. The fourth-order valence-corrected chi connectivity index (χ4v) is 2.90. The molecule has 0 atom stereocenters. The van der Waals surface area contributed by atoms with Crippen molar-refractivity contribution >= 4 is 11.6 Å². The topological polar surface area (TPSA) is 75.4 Å². The number of carbonyl (C=O) groups is 1. The van der Waals surface area contributed by atoms with Crippen molar-refractivity contribution < 1.29 is 9.90 Å². The number of hydrogen-bond donors (Lipinski definition) is 3. The number of nitrogens with two attached hydrogens (primary N) is 1. The van der Waals surface area contributed by atoms with E-state index < -0.39 is 5.60 Å². The van der Waals surface area contributed by atoms with Crippen molar-refractivity contribution in [3.8, 4) is 0 Å². The maximum absolute atomic E-state index is 12.3. The number of amides is 1. The van der Waals surface area contributed by atoms with Crippen molar-refractivity contribution in [2.24, 2.45) is 0 Å². The van der Waals surface area contributed by atoms with E-state index in [-0.39, 0.29) is 5.91 Å². The summed E-state index contributed by atoms with van der Waals surface area (Å²) >= 11 is 0. The van der Waals surface area contributed by atoms with Gasteiger partial charge in [0, 0.05) is 12.2 Å². The van der Waals surface area contributed by atoms with Gasteiger partial charge in [-0.2, -0.15) is 0 Å². The third kappa shape index (κ3) is 3.51. The van der Waals surface area contributed by atoms with Gasteiger partial charge < -0.3 is 16.2 Å². The predicted octanol–water partition coefficient (Wildman–Crippen LogP) is 2.39. The van der Waals surface area contributed by atoms with Crippen LogP contribution in [0.2, 0.25) is 0 Å². The molecule has 0 spiro atoms. The van der Waals surface area contributed by atoms with Crippen molar-refractivity contribution in [3.05, 3.63) is 29.3 Å². The molecular formula is C16H24N2O2. The summed E-state index contributed by atoms with van der Waals surface area (Å²) in [6.07, 6.45) is 5.91. The maximum atomic E-state index is 12.3. The normalized spacial score (nSPS) is 18.3. The van der Waals surface area contributed by atoms with Crippen molar-refractivity contribution in [1.82, 2.24) is 5.32 Å². The van der Waals surface area contributed by atoms with E-state index in [9.17, 15) is 9.90 Å². The minimum Gasteiger partial charge on any atom is -0.398 e. The first-order valence-electron chi connectivity index (χ1n) is 7.37. The predicted molar refractivity (Wildman–Crippen MR) is 80.6 cm³/mol. The molecule has 110 valence electrons. The fraction of sp³-hybridized carbons (Fsp3) is 0.562. The maximum Gasteiger partial charge on any atom is 0.253 e. The summed E-state index contributed by atoms with van der Waals surface area (Å²) in [5.74, 6) is -0.196. The zero-order valence-electron chi connectivity index (χ0n) is 12.1. The molecule has 2 rings (SSSR count). The number of aliphatic hydroxyl groups is 1. The number of nitrogen functional groups attached to an aromatic ring is 1. The van der Waals surface area contributed by atoms with Crippen LogP contribution < -0.4 is 11.1 Å². The van der Waals surface area contributed by atoms with Gasteiger partial charge in [0.1, 0.15) is 0 Å². The number of nitrogens with one attached hydrogen (secondary N) is 1. The van der Waals surface area contributed by atoms with Gasteiger partial charge in [-0.15, -0.1) is 0 Å². The van der Waals surface area contributed by atoms with Gasteiger partial charge in [0.2, 0.25) is 0 Å². The molecule has 0 bridgehead atoms. The Morgan fingerprint density at radius 1 is 1.30 bits per heavy atom. The molecular weight excluding hydrogens is 252 g/mol. The van der Waals surface area contributed by atoms with Gasteiger partial charge in [0.05, 0.1) is 11.2 Å². The second-order valence-electron chi connectivity index (χ2n) is 5.86. The Balaban J connectivity index is 2.01. The number of rotatable bonds is 3. The van der Waals surface area contributed by atoms with Crippen LogP contribution in [0.4, 0.5) is 5.69 Å². The SMILES string of the molecule is Cc1cccc(N)c1C(=O)NCC1(O)CCCCCC1. The van der Waals surface area contributed by atoms with Crippen LogP contribution in [0.25, 0.3) is 0 Å². The molecule has 0 aliphatic heterocycles. The molecule has 1 amide bonds. The van der Waals surface area contributed by atoms with Gasteiger partial charge in [0.15, 0.2) is 0 Å². The number of anilines is 1. The van der Waals surface area contributed by atoms with Crippen LogP contribution >= 0.6 is 0 Å². The molecule has 0 aromatic heterocycles. The Kier molecular flexibility index (Phi) is 4.65. The first-order valence-corrected chi connectivity index (χ1v) is 7.37. The minimum atomic E-state index is -0.760. The highest BCUT2D eigenvalue weighted by Gasteiger charge is 2.28. The second-order valence-corrected chi connectivity index (χ2v) is 5.86. The Bertz CT molecular complexity index is 457. The summed E-state index contributed by atoms with van der Waals surface area (Å²) in [7, 11) is 0. The third-order valence-corrected chi connectivity index (χ3v) is 4.14. The van der Waals surface area contributed by atoms with E-state index in [0.29, 0.717) is 17.8 Å². The quantitative estimate of drug-likeness (QED) is 0.586. The van der Waals surface area contributed by atoms with Crippen LogP contribution in [-0.4, -0.2) is 23.2 Å². The molecule has 1 aromatic rings. The molecule has 4 nitrogen and oxygen atoms in total. The lowest BCUT2D eigenvalue weighted by Crippen LogP contribution is -2.42. The van der Waals surface area contributed by atoms with Crippen LogP contribution in [0.3, 0.4) is 0 Å². The highest BCUT2D eigenvalue weighted by atomic mass is 16.3. The van der Waals surface area contributed by atoms with Crippen LogP contribution in [0.5, 0.6) is 0 Å². The molecule has 1 aromatic carbocycles. The van der Waals surface area contributed by atoms with Crippen LogP contribution in [0.15, 0.2) is 18.2 Å². The first kappa shape index (κ1) is 14.9. The van der Waals surface area contributed by atoms with E-state index >= 15 is 0 Å². The Hall–Kier alpha value is -1.55. The molecule has 0 radical (unpaired) electrons. The van der Waals surface area contributed by atoms with Crippen molar-refractivity contribution in [1.29, 1.82) is 0 Å². The molecule has 1 fully saturated rings. The average Bonchev–Trinajstić information content (AvgIpc) is 2.62. The Labute approximate surface area is 120 Å². The summed E-state index contributed by atoms with van der Waals surface area (Å²) < 4.78 is 0. The highest BCUT2D eigenvalue weighted by Crippen LogP contribution is 2.26. The Morgan fingerprint density at radius 2 is 1.95 bits per heavy atom. The molecule has 1 aliphatic rings. The minimum absolute atomic E-state index is 0.196. The summed E-state index contributed by atoms with van der Waals surface area (Å²) in [6, 6.07) is 5.42. The van der Waals surface area contributed by atoms with Crippen molar-refractivity contribution in [3.63, 3.8) is 0 Å². The van der Waals surface area contributed by atoms with E-state index in [1.165, 1.54) is 12.8 Å². The summed E-state index contributed by atoms with van der Waals surface area (Å²) in [5, 5.41) is 13.4. The molecule has 0 heterocycles. The first-order chi connectivity index (χ1) is 9.52. The summed E-state index contributed by atoms with van der Waals surface area (Å²) in [5.41, 5.74) is 6.96. The second kappa shape index (κ2) is 6.27. The van der Waals surface area contributed by atoms with E-state index in [0.717, 1.165) is 31.2 Å². The van der Waals surface area contributed by atoms with Crippen LogP contribution in [-0.2, 0) is 0 Å². The number of benzene rings is 1. The largest absolute Gasteiger partial charge is 0.398 e. The standard InChI is InChI=1S/C16H24N2O2/c1-12-7-6-8-13(17)14(12)15(19)18-11-16(20)9-4-2-3-5-10-16/h6-8,20H,2-5,9-11,17H2,1H3,(H,18,19). The van der Waals surface area contributed by atoms with Gasteiger partial charge >= 0.3 is 0 Å². The fourth-order valence-electron chi connectivity index (χ4n) is 2.90. The van der Waals surface area contributed by atoms with Gasteiger partial charge in [-0.3, -0.25) is 4.79 Å². The van der Waals surface area contributed by atoms with Crippen LogP contribution in [0, 0.1) is 6.92 Å². The van der Waals surface area contributed by atoms with Gasteiger partial charge in [-0.1, -0.05) is 37.8 Å². The van der Waals surface area contributed by atoms with E-state index in [1.807, 2.05) is 19.1 Å². The molecule has 1 saturated carbocycles. The molecule has 0 saturated heterocycles. The number of aryl methyl sites for hydroxylation is 1. The van der Waals surface area contributed by atoms with E-state index in [2.05, 4.69) is 5.32 Å². The zero-order chi connectivity index (χ0) is 14.6. The van der Waals surface area contributed by atoms with E-state index in [4.69, 9.17) is 5.73 Å². The monoisotopic (exact) mass is 276 g/mol. The Morgan fingerprint density at radius 3 is 2.55 bits per heavy atom. The lowest BCUT2D eigenvalue weighted by atomic mass is 9.94. The van der Waals surface area contributed by atoms with Gasteiger partial charge in [-0.25, -0.2) is 0 Å². The zero-order valence-corrected chi connectivity index (χ0v) is 12.1. The molecule has 4 N–H and O–H groups in total. The molecule has 20 heavy (non-hydrogen) atoms. The number of carbonyl (C=O) groups excluding carboxylic acids is 1. The highest BCUT2D eigenvalue weighted by molar-refractivity contribution is 6.00. The van der Waals surface area contributed by atoms with Crippen molar-refractivity contribution in [2.75, 3.05) is 12.3 Å². The lowest BCUT2D eigenvalue weighted by Gasteiger charge is -2.27. The smallest absolute Gasteiger partial charge is 0.253 e. The lowest BCUT2D eigenvalue weighted by molar-refractivity contribution is 0.0246. The number of hydrogen-bond acceptors (Lipinski definition) is 3. The molecule has 0 unspecified atom stereocenters. The summed E-state index contributed by atoms with van der Waals surface area (Å²) in [4.78, 5) is 12.3. The van der Waals surface area contributed by atoms with Crippen LogP contribution in [0.1, 0.15) is 54.4 Å². The van der Waals surface area contributed by atoms with Gasteiger partial charge in [-0.05, 0) is 31.4 Å².